The minimum absolute atomic E-state index is 0.149. The molecule has 1 aliphatic carbocycles. The van der Waals surface area contributed by atoms with Gasteiger partial charge in [0.25, 0.3) is 0 Å². The molecule has 0 radical (unpaired) electrons. The summed E-state index contributed by atoms with van der Waals surface area (Å²) in [5.74, 6) is -1.05. The zero-order valence-corrected chi connectivity index (χ0v) is 12.4. The third kappa shape index (κ3) is 4.16. The van der Waals surface area contributed by atoms with Crippen molar-refractivity contribution in [2.75, 3.05) is 6.26 Å². The standard InChI is InChI=1S/C15H13NO5S/c1-22(19,20)21-16-13-9-7-12(8-10-13)14(15(17)18)11-5-3-2-4-6-11/h2-10H,1H3,(H,17,18). The average molecular weight is 319 g/mol. The summed E-state index contributed by atoms with van der Waals surface area (Å²) in [6, 6.07) is 8.71. The van der Waals surface area contributed by atoms with Gasteiger partial charge in [0.2, 0.25) is 0 Å². The van der Waals surface area contributed by atoms with Crippen LogP contribution in [0.5, 0.6) is 0 Å². The highest BCUT2D eigenvalue weighted by Gasteiger charge is 2.15. The number of hydrogen-bond acceptors (Lipinski definition) is 5. The van der Waals surface area contributed by atoms with Crippen molar-refractivity contribution in [2.45, 2.75) is 0 Å². The highest BCUT2D eigenvalue weighted by molar-refractivity contribution is 7.85. The average Bonchev–Trinajstić information content (AvgIpc) is 2.47. The maximum atomic E-state index is 11.5. The van der Waals surface area contributed by atoms with Crippen LogP contribution in [0.25, 0.3) is 5.57 Å². The molecule has 2 rings (SSSR count). The largest absolute Gasteiger partial charge is 0.478 e. The van der Waals surface area contributed by atoms with Crippen LogP contribution in [0, 0.1) is 0 Å². The molecule has 0 saturated heterocycles. The molecule has 22 heavy (non-hydrogen) atoms. The third-order valence-electron chi connectivity index (χ3n) is 2.71. The van der Waals surface area contributed by atoms with Gasteiger partial charge in [-0.05, 0) is 23.3 Å². The minimum atomic E-state index is -3.67. The minimum Gasteiger partial charge on any atom is -0.478 e. The smallest absolute Gasteiger partial charge is 0.336 e. The van der Waals surface area contributed by atoms with Gasteiger partial charge in [0.05, 0.1) is 11.8 Å². The molecular weight excluding hydrogens is 306 g/mol. The molecular formula is C15H13NO5S. The van der Waals surface area contributed by atoms with Crippen LogP contribution in [0.4, 0.5) is 0 Å². The molecule has 1 N–H and O–H groups in total. The Morgan fingerprint density at radius 1 is 1.09 bits per heavy atom. The lowest BCUT2D eigenvalue weighted by molar-refractivity contribution is -0.130. The highest BCUT2D eigenvalue weighted by Crippen LogP contribution is 2.22. The van der Waals surface area contributed by atoms with E-state index in [1.165, 1.54) is 12.2 Å². The first kappa shape index (κ1) is 15.7. The Labute approximate surface area is 127 Å². The van der Waals surface area contributed by atoms with Gasteiger partial charge < -0.3 is 5.11 Å². The first-order valence-electron chi connectivity index (χ1n) is 6.22. The SMILES string of the molecule is CS(=O)(=O)ON=C1C=CC(=C(C(=O)O)c2ccccc2)C=C1. The Hall–Kier alpha value is -2.67. The third-order valence-corrected chi connectivity index (χ3v) is 3.06. The highest BCUT2D eigenvalue weighted by atomic mass is 32.2. The zero-order chi connectivity index (χ0) is 16.2. The second-order valence-electron chi connectivity index (χ2n) is 4.46. The van der Waals surface area contributed by atoms with Gasteiger partial charge in [-0.25, -0.2) is 4.79 Å². The molecule has 0 atom stereocenters. The number of nitrogens with zero attached hydrogens (tertiary/aromatic N) is 1. The molecule has 0 spiro atoms. The normalized spacial score (nSPS) is 13.9. The van der Waals surface area contributed by atoms with Crippen LogP contribution in [-0.4, -0.2) is 31.5 Å². The van der Waals surface area contributed by atoms with Crippen molar-refractivity contribution in [3.63, 3.8) is 0 Å². The number of carboxylic acid groups (broad SMARTS) is 1. The van der Waals surface area contributed by atoms with E-state index >= 15 is 0 Å². The summed E-state index contributed by atoms with van der Waals surface area (Å²) in [5.41, 5.74) is 1.48. The molecule has 0 heterocycles. The van der Waals surface area contributed by atoms with E-state index in [9.17, 15) is 18.3 Å². The zero-order valence-electron chi connectivity index (χ0n) is 11.6. The number of allylic oxidation sites excluding steroid dienone is 5. The Balaban J connectivity index is 2.34. The van der Waals surface area contributed by atoms with E-state index in [0.717, 1.165) is 6.26 Å². The summed E-state index contributed by atoms with van der Waals surface area (Å²) in [6.45, 7) is 0. The molecule has 0 aliphatic heterocycles. The predicted molar refractivity (Wildman–Crippen MR) is 82.6 cm³/mol. The summed E-state index contributed by atoms with van der Waals surface area (Å²) in [7, 11) is -3.67. The fourth-order valence-corrected chi connectivity index (χ4v) is 2.04. The summed E-state index contributed by atoms with van der Waals surface area (Å²) in [6.07, 6.45) is 6.93. The number of benzene rings is 1. The van der Waals surface area contributed by atoms with Gasteiger partial charge in [-0.15, -0.1) is 0 Å². The predicted octanol–water partition coefficient (Wildman–Crippen LogP) is 1.98. The summed E-state index contributed by atoms with van der Waals surface area (Å²) < 4.78 is 26.0. The molecule has 114 valence electrons. The lowest BCUT2D eigenvalue weighted by Crippen LogP contribution is -2.05. The number of oxime groups is 1. The van der Waals surface area contributed by atoms with E-state index in [1.54, 1.807) is 42.5 Å². The maximum Gasteiger partial charge on any atom is 0.336 e. The van der Waals surface area contributed by atoms with E-state index in [-0.39, 0.29) is 11.3 Å². The molecule has 0 aromatic heterocycles. The van der Waals surface area contributed by atoms with Crippen LogP contribution >= 0.6 is 0 Å². The second-order valence-corrected chi connectivity index (χ2v) is 6.02. The van der Waals surface area contributed by atoms with Crippen molar-refractivity contribution < 1.29 is 22.6 Å². The van der Waals surface area contributed by atoms with Crippen molar-refractivity contribution in [3.05, 3.63) is 65.8 Å². The van der Waals surface area contributed by atoms with Crippen LogP contribution in [0.3, 0.4) is 0 Å². The quantitative estimate of drug-likeness (QED) is 0.676. The molecule has 7 heteroatoms. The maximum absolute atomic E-state index is 11.5. The fraction of sp³-hybridized carbons (Fsp3) is 0.0667. The number of rotatable bonds is 4. The molecule has 0 amide bonds. The molecule has 6 nitrogen and oxygen atoms in total. The summed E-state index contributed by atoms with van der Waals surface area (Å²) in [5, 5.41) is 12.8. The number of carboxylic acids is 1. The van der Waals surface area contributed by atoms with Crippen LogP contribution < -0.4 is 0 Å². The molecule has 0 bridgehead atoms. The van der Waals surface area contributed by atoms with Crippen LogP contribution in [0.2, 0.25) is 0 Å². The number of carbonyl (C=O) groups is 1. The van der Waals surface area contributed by atoms with Crippen molar-refractivity contribution in [3.8, 4) is 0 Å². The first-order chi connectivity index (χ1) is 10.4. The van der Waals surface area contributed by atoms with Crippen LogP contribution in [-0.2, 0) is 19.2 Å². The summed E-state index contributed by atoms with van der Waals surface area (Å²) >= 11 is 0. The van der Waals surface area contributed by atoms with Gasteiger partial charge in [0.15, 0.2) is 0 Å². The van der Waals surface area contributed by atoms with Crippen molar-refractivity contribution in [1.82, 2.24) is 0 Å². The molecule has 1 aliphatic rings. The van der Waals surface area contributed by atoms with Gasteiger partial charge in [0, 0.05) is 0 Å². The molecule has 1 aromatic rings. The van der Waals surface area contributed by atoms with Gasteiger partial charge in [0.1, 0.15) is 5.71 Å². The van der Waals surface area contributed by atoms with Gasteiger partial charge in [-0.3, -0.25) is 4.28 Å². The first-order valence-corrected chi connectivity index (χ1v) is 8.04. The van der Waals surface area contributed by atoms with Crippen LogP contribution in [0.15, 0.2) is 65.4 Å². The monoisotopic (exact) mass is 319 g/mol. The van der Waals surface area contributed by atoms with Crippen molar-refractivity contribution in [1.29, 1.82) is 0 Å². The summed E-state index contributed by atoms with van der Waals surface area (Å²) in [4.78, 5) is 11.5. The van der Waals surface area contributed by atoms with E-state index in [1.807, 2.05) is 0 Å². The van der Waals surface area contributed by atoms with E-state index in [4.69, 9.17) is 0 Å². The number of hydrogen-bond donors (Lipinski definition) is 1. The van der Waals surface area contributed by atoms with Crippen molar-refractivity contribution >= 4 is 27.4 Å². The Bertz CT molecular complexity index is 784. The lowest BCUT2D eigenvalue weighted by Gasteiger charge is -2.09. The van der Waals surface area contributed by atoms with Gasteiger partial charge >= 0.3 is 16.1 Å². The Morgan fingerprint density at radius 3 is 2.18 bits per heavy atom. The van der Waals surface area contributed by atoms with E-state index in [0.29, 0.717) is 11.1 Å². The van der Waals surface area contributed by atoms with E-state index < -0.39 is 16.1 Å². The fourth-order valence-electron chi connectivity index (χ4n) is 1.82. The van der Waals surface area contributed by atoms with Crippen molar-refractivity contribution in [2.24, 2.45) is 5.16 Å². The molecule has 0 fully saturated rings. The molecule has 1 aromatic carbocycles. The number of aliphatic carboxylic acids is 1. The Morgan fingerprint density at radius 2 is 1.68 bits per heavy atom. The van der Waals surface area contributed by atoms with Gasteiger partial charge in [-0.2, -0.15) is 8.42 Å². The van der Waals surface area contributed by atoms with Crippen LogP contribution in [0.1, 0.15) is 5.56 Å². The molecule has 0 unspecified atom stereocenters. The Kier molecular flexibility index (Phi) is 4.57. The van der Waals surface area contributed by atoms with E-state index in [2.05, 4.69) is 9.44 Å². The molecule has 0 saturated carbocycles. The van der Waals surface area contributed by atoms with Gasteiger partial charge in [-0.1, -0.05) is 47.6 Å². The topological polar surface area (TPSA) is 93.0 Å². The lowest BCUT2D eigenvalue weighted by atomic mass is 9.96. The second kappa shape index (κ2) is 6.40.